The molecule has 0 bridgehead atoms. The van der Waals surface area contributed by atoms with Crippen molar-refractivity contribution < 1.29 is 0 Å². The number of anilines is 6. The Hall–Kier alpha value is -5.86. The SMILES string of the molecule is Cc1ccc(N(c2ccccc2)c2ccc(-c3ccc(C(C)(C)c4ccc(N(c5ccccc5)c5ccc(C)cc5)cc4)cc3)cc2)cc1. The zero-order valence-corrected chi connectivity index (χ0v) is 28.7. The lowest BCUT2D eigenvalue weighted by Crippen LogP contribution is -2.19. The highest BCUT2D eigenvalue weighted by atomic mass is 15.1. The second kappa shape index (κ2) is 13.7. The van der Waals surface area contributed by atoms with Crippen molar-refractivity contribution in [2.75, 3.05) is 9.80 Å². The molecule has 0 aliphatic carbocycles. The quantitative estimate of drug-likeness (QED) is 0.156. The maximum atomic E-state index is 2.32. The number of rotatable bonds is 9. The van der Waals surface area contributed by atoms with E-state index in [1.165, 1.54) is 33.4 Å². The normalized spacial score (nSPS) is 11.3. The molecule has 49 heavy (non-hydrogen) atoms. The zero-order chi connectivity index (χ0) is 33.8. The first kappa shape index (κ1) is 31.7. The van der Waals surface area contributed by atoms with Crippen LogP contribution in [0, 0.1) is 13.8 Å². The van der Waals surface area contributed by atoms with Gasteiger partial charge in [-0.25, -0.2) is 0 Å². The first-order chi connectivity index (χ1) is 23.9. The molecule has 0 atom stereocenters. The number of para-hydroxylation sites is 2. The Labute approximate surface area is 291 Å². The molecule has 0 aliphatic rings. The van der Waals surface area contributed by atoms with Gasteiger partial charge in [0.15, 0.2) is 0 Å². The van der Waals surface area contributed by atoms with Crippen molar-refractivity contribution in [3.63, 3.8) is 0 Å². The highest BCUT2D eigenvalue weighted by Crippen LogP contribution is 2.39. The highest BCUT2D eigenvalue weighted by molar-refractivity contribution is 5.79. The van der Waals surface area contributed by atoms with Crippen molar-refractivity contribution in [3.8, 4) is 11.1 Å². The summed E-state index contributed by atoms with van der Waals surface area (Å²) in [4.78, 5) is 4.62. The summed E-state index contributed by atoms with van der Waals surface area (Å²) in [5.41, 5.74) is 14.2. The van der Waals surface area contributed by atoms with E-state index in [0.29, 0.717) is 0 Å². The zero-order valence-electron chi connectivity index (χ0n) is 28.7. The van der Waals surface area contributed by atoms with Crippen molar-refractivity contribution >= 4 is 34.1 Å². The first-order valence-corrected chi connectivity index (χ1v) is 17.0. The summed E-state index contributed by atoms with van der Waals surface area (Å²) < 4.78 is 0. The van der Waals surface area contributed by atoms with Gasteiger partial charge >= 0.3 is 0 Å². The third-order valence-corrected chi connectivity index (χ3v) is 9.53. The third kappa shape index (κ3) is 6.77. The minimum absolute atomic E-state index is 0.160. The molecule has 7 aromatic carbocycles. The van der Waals surface area contributed by atoms with Gasteiger partial charge in [-0.3, -0.25) is 0 Å². The Balaban J connectivity index is 1.12. The monoisotopic (exact) mass is 634 g/mol. The summed E-state index contributed by atoms with van der Waals surface area (Å²) >= 11 is 0. The van der Waals surface area contributed by atoms with Gasteiger partial charge in [0.05, 0.1) is 0 Å². The molecule has 2 heteroatoms. The van der Waals surface area contributed by atoms with Crippen LogP contribution in [0.3, 0.4) is 0 Å². The molecule has 0 fully saturated rings. The van der Waals surface area contributed by atoms with Crippen LogP contribution in [0.5, 0.6) is 0 Å². The van der Waals surface area contributed by atoms with Crippen molar-refractivity contribution in [1.29, 1.82) is 0 Å². The maximum absolute atomic E-state index is 2.32. The molecule has 2 nitrogen and oxygen atoms in total. The lowest BCUT2D eigenvalue weighted by Gasteiger charge is -2.29. The molecule has 0 unspecified atom stereocenters. The predicted molar refractivity (Wildman–Crippen MR) is 209 cm³/mol. The minimum Gasteiger partial charge on any atom is -0.311 e. The summed E-state index contributed by atoms with van der Waals surface area (Å²) in [6, 6.07) is 65.6. The van der Waals surface area contributed by atoms with E-state index in [1.807, 2.05) is 0 Å². The Morgan fingerprint density at radius 2 is 0.571 bits per heavy atom. The van der Waals surface area contributed by atoms with E-state index in [4.69, 9.17) is 0 Å². The predicted octanol–water partition coefficient (Wildman–Crippen LogP) is 13.2. The van der Waals surface area contributed by atoms with Crippen LogP contribution in [-0.4, -0.2) is 0 Å². The number of nitrogens with zero attached hydrogens (tertiary/aromatic N) is 2. The van der Waals surface area contributed by atoms with Gasteiger partial charge in [-0.05, 0) is 109 Å². The van der Waals surface area contributed by atoms with E-state index < -0.39 is 0 Å². The molecule has 0 amide bonds. The van der Waals surface area contributed by atoms with Crippen LogP contribution >= 0.6 is 0 Å². The summed E-state index contributed by atoms with van der Waals surface area (Å²) in [7, 11) is 0. The van der Waals surface area contributed by atoms with Crippen molar-refractivity contribution in [1.82, 2.24) is 0 Å². The van der Waals surface area contributed by atoms with E-state index in [1.54, 1.807) is 0 Å². The maximum Gasteiger partial charge on any atom is 0.0462 e. The molecule has 240 valence electrons. The molecular formula is C47H42N2. The van der Waals surface area contributed by atoms with Crippen LogP contribution in [0.15, 0.2) is 182 Å². The molecule has 0 saturated carbocycles. The van der Waals surface area contributed by atoms with Gasteiger partial charge < -0.3 is 9.80 Å². The Morgan fingerprint density at radius 3 is 0.939 bits per heavy atom. The van der Waals surface area contributed by atoms with Crippen molar-refractivity contribution in [2.45, 2.75) is 33.1 Å². The summed E-state index contributed by atoms with van der Waals surface area (Å²) in [5.74, 6) is 0. The first-order valence-electron chi connectivity index (χ1n) is 17.0. The fourth-order valence-electron chi connectivity index (χ4n) is 6.51. The number of benzene rings is 7. The second-order valence-corrected chi connectivity index (χ2v) is 13.3. The average molecular weight is 635 g/mol. The Morgan fingerprint density at radius 1 is 0.306 bits per heavy atom. The molecule has 0 saturated heterocycles. The Bertz CT molecular complexity index is 2100. The van der Waals surface area contributed by atoms with Crippen molar-refractivity contribution in [3.05, 3.63) is 204 Å². The molecule has 0 aromatic heterocycles. The second-order valence-electron chi connectivity index (χ2n) is 13.3. The largest absolute Gasteiger partial charge is 0.311 e. The molecule has 7 rings (SSSR count). The van der Waals surface area contributed by atoms with E-state index in [0.717, 1.165) is 34.1 Å². The van der Waals surface area contributed by atoms with Crippen LogP contribution in [0.1, 0.15) is 36.1 Å². The van der Waals surface area contributed by atoms with E-state index in [9.17, 15) is 0 Å². The van der Waals surface area contributed by atoms with E-state index in [-0.39, 0.29) is 5.41 Å². The van der Waals surface area contributed by atoms with Gasteiger partial charge in [0, 0.05) is 39.5 Å². The topological polar surface area (TPSA) is 6.48 Å². The smallest absolute Gasteiger partial charge is 0.0462 e. The third-order valence-electron chi connectivity index (χ3n) is 9.53. The lowest BCUT2D eigenvalue weighted by atomic mass is 9.77. The fraction of sp³-hybridized carbons (Fsp3) is 0.106. The minimum atomic E-state index is -0.160. The number of hydrogen-bond donors (Lipinski definition) is 0. The van der Waals surface area contributed by atoms with Gasteiger partial charge in [-0.2, -0.15) is 0 Å². The fourth-order valence-corrected chi connectivity index (χ4v) is 6.51. The number of hydrogen-bond acceptors (Lipinski definition) is 2. The van der Waals surface area contributed by atoms with Crippen LogP contribution in [0.4, 0.5) is 34.1 Å². The van der Waals surface area contributed by atoms with Gasteiger partial charge in [0.2, 0.25) is 0 Å². The summed E-state index contributed by atoms with van der Waals surface area (Å²) in [6.07, 6.45) is 0. The average Bonchev–Trinajstić information content (AvgIpc) is 3.15. The highest BCUT2D eigenvalue weighted by Gasteiger charge is 2.24. The number of aryl methyl sites for hydroxylation is 2. The van der Waals surface area contributed by atoms with Crippen LogP contribution in [-0.2, 0) is 5.41 Å². The van der Waals surface area contributed by atoms with Gasteiger partial charge in [-0.15, -0.1) is 0 Å². The van der Waals surface area contributed by atoms with Crippen LogP contribution in [0.25, 0.3) is 11.1 Å². The molecule has 0 spiro atoms. The molecule has 0 aliphatic heterocycles. The summed E-state index contributed by atoms with van der Waals surface area (Å²) in [6.45, 7) is 8.87. The summed E-state index contributed by atoms with van der Waals surface area (Å²) in [5, 5.41) is 0. The van der Waals surface area contributed by atoms with Gasteiger partial charge in [0.1, 0.15) is 0 Å². The van der Waals surface area contributed by atoms with Crippen molar-refractivity contribution in [2.24, 2.45) is 0 Å². The van der Waals surface area contributed by atoms with E-state index >= 15 is 0 Å². The van der Waals surface area contributed by atoms with Gasteiger partial charge in [0.25, 0.3) is 0 Å². The molecular weight excluding hydrogens is 593 g/mol. The van der Waals surface area contributed by atoms with Gasteiger partial charge in [-0.1, -0.05) is 134 Å². The van der Waals surface area contributed by atoms with E-state index in [2.05, 4.69) is 219 Å². The Kier molecular flexibility index (Phi) is 8.87. The molecule has 0 N–H and O–H groups in total. The lowest BCUT2D eigenvalue weighted by molar-refractivity contribution is 0.641. The van der Waals surface area contributed by atoms with Crippen LogP contribution in [0.2, 0.25) is 0 Å². The molecule has 7 aromatic rings. The van der Waals surface area contributed by atoms with Crippen LogP contribution < -0.4 is 9.80 Å². The molecule has 0 heterocycles. The standard InChI is InChI=1S/C47H42N2/c1-35-15-27-43(28-16-35)48(41-11-7-5-8-12-41)45-31-21-38(22-32-45)37-19-23-39(24-20-37)47(3,4)40-25-33-46(34-26-40)49(42-13-9-6-10-14-42)44-29-17-36(2)18-30-44/h5-34H,1-4H3. The molecule has 0 radical (unpaired) electrons.